The quantitative estimate of drug-likeness (QED) is 0.552. The van der Waals surface area contributed by atoms with Crippen LogP contribution >= 0.6 is 0 Å². The number of hydrogen-bond acceptors (Lipinski definition) is 0. The molecule has 0 saturated heterocycles. The van der Waals surface area contributed by atoms with Gasteiger partial charge in [0.2, 0.25) is 0 Å². The highest BCUT2D eigenvalue weighted by Gasteiger charge is 2.22. The standard InChI is InChI=1S/C9H12F2/c1-4-5-6-7-8(2)9(3,10)11/h4-7H,1H2,2-3H3/b6-5-,8-7+. The molecule has 0 spiro atoms. The van der Waals surface area contributed by atoms with Crippen LogP contribution in [0.25, 0.3) is 0 Å². The van der Waals surface area contributed by atoms with Gasteiger partial charge in [0.1, 0.15) is 0 Å². The molecule has 0 aliphatic heterocycles. The zero-order chi connectivity index (χ0) is 8.91. The maximum Gasteiger partial charge on any atom is 0.266 e. The van der Waals surface area contributed by atoms with Gasteiger partial charge in [-0.05, 0) is 12.5 Å². The SMILES string of the molecule is C=C/C=C\C=C(/C)C(C)(F)F. The van der Waals surface area contributed by atoms with Crippen molar-refractivity contribution in [3.8, 4) is 0 Å². The second kappa shape index (κ2) is 4.06. The maximum atomic E-state index is 12.4. The highest BCUT2D eigenvalue weighted by Crippen LogP contribution is 2.21. The second-order valence-corrected chi connectivity index (χ2v) is 2.36. The van der Waals surface area contributed by atoms with Gasteiger partial charge in [0, 0.05) is 6.92 Å². The predicted octanol–water partition coefficient (Wildman–Crippen LogP) is 3.33. The molecule has 0 nitrogen and oxygen atoms in total. The van der Waals surface area contributed by atoms with Crippen molar-refractivity contribution in [1.82, 2.24) is 0 Å². The van der Waals surface area contributed by atoms with Gasteiger partial charge in [0.05, 0.1) is 0 Å². The van der Waals surface area contributed by atoms with Crippen LogP contribution in [-0.4, -0.2) is 5.92 Å². The molecule has 0 radical (unpaired) electrons. The van der Waals surface area contributed by atoms with E-state index in [1.165, 1.54) is 19.1 Å². The van der Waals surface area contributed by atoms with Crippen LogP contribution in [0.15, 0.2) is 36.5 Å². The molecule has 62 valence electrons. The van der Waals surface area contributed by atoms with E-state index >= 15 is 0 Å². The Morgan fingerprint density at radius 1 is 1.36 bits per heavy atom. The van der Waals surface area contributed by atoms with Gasteiger partial charge in [-0.25, -0.2) is 8.78 Å². The average molecular weight is 158 g/mol. The molecule has 0 heterocycles. The fourth-order valence-corrected chi connectivity index (χ4v) is 0.425. The Morgan fingerprint density at radius 2 is 1.91 bits per heavy atom. The minimum Gasteiger partial charge on any atom is -0.202 e. The first kappa shape index (κ1) is 10.1. The number of hydrogen-bond donors (Lipinski definition) is 0. The van der Waals surface area contributed by atoms with E-state index in [0.29, 0.717) is 0 Å². The molecule has 2 heteroatoms. The molecule has 0 bridgehead atoms. The largest absolute Gasteiger partial charge is 0.266 e. The first-order valence-electron chi connectivity index (χ1n) is 3.32. The van der Waals surface area contributed by atoms with Crippen molar-refractivity contribution >= 4 is 0 Å². The molecule has 0 atom stereocenters. The molecule has 0 aromatic carbocycles. The van der Waals surface area contributed by atoms with Crippen molar-refractivity contribution in [3.05, 3.63) is 36.5 Å². The summed E-state index contributed by atoms with van der Waals surface area (Å²) in [6, 6.07) is 0. The van der Waals surface area contributed by atoms with Gasteiger partial charge in [0.15, 0.2) is 0 Å². The third kappa shape index (κ3) is 4.48. The van der Waals surface area contributed by atoms with Crippen molar-refractivity contribution in [2.24, 2.45) is 0 Å². The Morgan fingerprint density at radius 3 is 2.27 bits per heavy atom. The van der Waals surface area contributed by atoms with E-state index in [2.05, 4.69) is 6.58 Å². The lowest BCUT2D eigenvalue weighted by Gasteiger charge is -2.08. The van der Waals surface area contributed by atoms with Gasteiger partial charge in [-0.3, -0.25) is 0 Å². The Labute approximate surface area is 65.9 Å². The van der Waals surface area contributed by atoms with E-state index in [0.717, 1.165) is 6.92 Å². The lowest BCUT2D eigenvalue weighted by Crippen LogP contribution is -2.10. The van der Waals surface area contributed by atoms with Crippen LogP contribution in [0.4, 0.5) is 8.78 Å². The van der Waals surface area contributed by atoms with Gasteiger partial charge < -0.3 is 0 Å². The maximum absolute atomic E-state index is 12.4. The first-order chi connectivity index (χ1) is 4.98. The molecule has 0 rings (SSSR count). The van der Waals surface area contributed by atoms with Crippen LogP contribution < -0.4 is 0 Å². The number of halogens is 2. The Balaban J connectivity index is 4.23. The molecular formula is C9H12F2. The van der Waals surface area contributed by atoms with Gasteiger partial charge in [-0.15, -0.1) is 0 Å². The highest BCUT2D eigenvalue weighted by molar-refractivity contribution is 5.18. The summed E-state index contributed by atoms with van der Waals surface area (Å²) >= 11 is 0. The van der Waals surface area contributed by atoms with Crippen molar-refractivity contribution in [3.63, 3.8) is 0 Å². The monoisotopic (exact) mass is 158 g/mol. The van der Waals surface area contributed by atoms with Crippen LogP contribution in [0.1, 0.15) is 13.8 Å². The van der Waals surface area contributed by atoms with Crippen LogP contribution in [0.3, 0.4) is 0 Å². The molecule has 0 aliphatic carbocycles. The molecule has 11 heavy (non-hydrogen) atoms. The Bertz CT molecular complexity index is 182. The third-order valence-corrected chi connectivity index (χ3v) is 1.29. The summed E-state index contributed by atoms with van der Waals surface area (Å²) in [5.74, 6) is -2.72. The van der Waals surface area contributed by atoms with Crippen LogP contribution in [-0.2, 0) is 0 Å². The normalized spacial score (nSPS) is 14.0. The minimum absolute atomic E-state index is 0.0515. The fraction of sp³-hybridized carbons (Fsp3) is 0.333. The highest BCUT2D eigenvalue weighted by atomic mass is 19.3. The van der Waals surface area contributed by atoms with Gasteiger partial charge in [0.25, 0.3) is 5.92 Å². The van der Waals surface area contributed by atoms with E-state index in [9.17, 15) is 8.78 Å². The van der Waals surface area contributed by atoms with Gasteiger partial charge >= 0.3 is 0 Å². The number of alkyl halides is 2. The lowest BCUT2D eigenvalue weighted by atomic mass is 10.1. The summed E-state index contributed by atoms with van der Waals surface area (Å²) in [6.07, 6.45) is 6.06. The average Bonchev–Trinajstić information content (AvgIpc) is 1.86. The molecule has 0 unspecified atom stereocenters. The van der Waals surface area contributed by atoms with Crippen molar-refractivity contribution in [2.75, 3.05) is 0 Å². The van der Waals surface area contributed by atoms with E-state index in [1.807, 2.05) is 0 Å². The molecule has 0 fully saturated rings. The zero-order valence-electron chi connectivity index (χ0n) is 6.77. The van der Waals surface area contributed by atoms with Gasteiger partial charge in [-0.2, -0.15) is 0 Å². The second-order valence-electron chi connectivity index (χ2n) is 2.36. The van der Waals surface area contributed by atoms with Crippen molar-refractivity contribution in [2.45, 2.75) is 19.8 Å². The topological polar surface area (TPSA) is 0 Å². The smallest absolute Gasteiger partial charge is 0.202 e. The van der Waals surface area contributed by atoms with Crippen LogP contribution in [0.2, 0.25) is 0 Å². The summed E-state index contributed by atoms with van der Waals surface area (Å²) in [5.41, 5.74) is 0.0515. The first-order valence-corrected chi connectivity index (χ1v) is 3.32. The Hall–Kier alpha value is -0.920. The summed E-state index contributed by atoms with van der Waals surface area (Å²) in [4.78, 5) is 0. The van der Waals surface area contributed by atoms with E-state index < -0.39 is 5.92 Å². The molecular weight excluding hydrogens is 146 g/mol. The van der Waals surface area contributed by atoms with Crippen LogP contribution in [0.5, 0.6) is 0 Å². The summed E-state index contributed by atoms with van der Waals surface area (Å²) < 4.78 is 24.8. The molecule has 0 amide bonds. The van der Waals surface area contributed by atoms with Crippen molar-refractivity contribution < 1.29 is 8.78 Å². The molecule has 0 aromatic rings. The fourth-order valence-electron chi connectivity index (χ4n) is 0.425. The number of rotatable bonds is 3. The lowest BCUT2D eigenvalue weighted by molar-refractivity contribution is 0.0635. The van der Waals surface area contributed by atoms with Crippen molar-refractivity contribution in [1.29, 1.82) is 0 Å². The van der Waals surface area contributed by atoms with Crippen LogP contribution in [0, 0.1) is 0 Å². The number of allylic oxidation sites excluding steroid dienone is 5. The predicted molar refractivity (Wildman–Crippen MR) is 43.7 cm³/mol. The van der Waals surface area contributed by atoms with E-state index in [4.69, 9.17) is 0 Å². The van der Waals surface area contributed by atoms with E-state index in [1.54, 1.807) is 12.2 Å². The zero-order valence-corrected chi connectivity index (χ0v) is 6.77. The third-order valence-electron chi connectivity index (χ3n) is 1.29. The summed E-state index contributed by atoms with van der Waals surface area (Å²) in [7, 11) is 0. The summed E-state index contributed by atoms with van der Waals surface area (Å²) in [6.45, 7) is 5.69. The molecule has 0 aromatic heterocycles. The minimum atomic E-state index is -2.72. The molecule has 0 N–H and O–H groups in total. The Kier molecular flexibility index (Phi) is 3.72. The molecule has 0 saturated carbocycles. The van der Waals surface area contributed by atoms with E-state index in [-0.39, 0.29) is 5.57 Å². The van der Waals surface area contributed by atoms with Gasteiger partial charge in [-0.1, -0.05) is 30.9 Å². The summed E-state index contributed by atoms with van der Waals surface area (Å²) in [5, 5.41) is 0. The molecule has 0 aliphatic rings.